The molecule has 0 aliphatic rings. The van der Waals surface area contributed by atoms with E-state index in [2.05, 4.69) is 25.2 Å². The highest BCUT2D eigenvalue weighted by atomic mass is 16.6. The summed E-state index contributed by atoms with van der Waals surface area (Å²) in [5.41, 5.74) is 4.07. The Labute approximate surface area is 212 Å². The fraction of sp³-hybridized carbons (Fsp3) is 0.276. The van der Waals surface area contributed by atoms with Crippen LogP contribution in [0.5, 0.6) is 5.75 Å². The summed E-state index contributed by atoms with van der Waals surface area (Å²) >= 11 is 0. The van der Waals surface area contributed by atoms with Crippen LogP contribution in [0.15, 0.2) is 72.8 Å². The number of nitrogens with zero attached hydrogens (tertiary/aromatic N) is 2. The van der Waals surface area contributed by atoms with Gasteiger partial charge in [0.25, 0.3) is 0 Å². The number of anilines is 2. The zero-order valence-corrected chi connectivity index (χ0v) is 20.9. The molecule has 0 unspecified atom stereocenters. The molecule has 0 heterocycles. The molecule has 0 saturated heterocycles. The molecule has 36 heavy (non-hydrogen) atoms. The van der Waals surface area contributed by atoms with Gasteiger partial charge in [0.15, 0.2) is 6.61 Å². The maximum atomic E-state index is 13.0. The number of carbonyl (C=O) groups excluding carboxylic acids is 2. The summed E-state index contributed by atoms with van der Waals surface area (Å²) in [4.78, 5) is 26.5. The quantitative estimate of drug-likeness (QED) is 0.372. The number of rotatable bonds is 11. The van der Waals surface area contributed by atoms with Crippen LogP contribution in [0.25, 0.3) is 0 Å². The van der Waals surface area contributed by atoms with Crippen molar-refractivity contribution in [3.8, 4) is 11.8 Å². The van der Waals surface area contributed by atoms with Crippen molar-refractivity contribution in [2.24, 2.45) is 0 Å². The van der Waals surface area contributed by atoms with E-state index in [1.165, 1.54) is 5.56 Å². The molecule has 0 aliphatic carbocycles. The summed E-state index contributed by atoms with van der Waals surface area (Å²) in [6, 6.07) is 24.4. The van der Waals surface area contributed by atoms with Gasteiger partial charge in [0.1, 0.15) is 5.75 Å². The number of nitriles is 1. The van der Waals surface area contributed by atoms with Gasteiger partial charge < -0.3 is 19.7 Å². The highest BCUT2D eigenvalue weighted by molar-refractivity contribution is 5.94. The Morgan fingerprint density at radius 2 is 1.78 bits per heavy atom. The van der Waals surface area contributed by atoms with Crippen molar-refractivity contribution < 1.29 is 19.1 Å². The predicted molar refractivity (Wildman–Crippen MR) is 140 cm³/mol. The van der Waals surface area contributed by atoms with Crippen molar-refractivity contribution in [3.05, 3.63) is 89.5 Å². The minimum Gasteiger partial charge on any atom is -0.482 e. The van der Waals surface area contributed by atoms with Crippen LogP contribution in [0.2, 0.25) is 0 Å². The molecule has 0 aliphatic heterocycles. The lowest BCUT2D eigenvalue weighted by atomic mass is 10.0. The van der Waals surface area contributed by atoms with Crippen LogP contribution in [0, 0.1) is 11.3 Å². The van der Waals surface area contributed by atoms with E-state index in [0.29, 0.717) is 30.4 Å². The third kappa shape index (κ3) is 7.88. The number of nitrogens with one attached hydrogen (secondary N) is 1. The van der Waals surface area contributed by atoms with E-state index in [9.17, 15) is 14.9 Å². The zero-order chi connectivity index (χ0) is 25.9. The van der Waals surface area contributed by atoms with E-state index in [1.807, 2.05) is 53.4 Å². The van der Waals surface area contributed by atoms with E-state index in [-0.39, 0.29) is 19.1 Å². The SMILES string of the molecule is CCOC(=O)COc1cccc(CN(CC(=O)Nc2ccc(C(C)C)cc2)c2cccc(C#N)c2)c1. The van der Waals surface area contributed by atoms with Crippen LogP contribution >= 0.6 is 0 Å². The van der Waals surface area contributed by atoms with Gasteiger partial charge in [-0.2, -0.15) is 5.26 Å². The van der Waals surface area contributed by atoms with Gasteiger partial charge in [-0.1, -0.05) is 44.2 Å². The van der Waals surface area contributed by atoms with Gasteiger partial charge in [0.2, 0.25) is 5.91 Å². The standard InChI is InChI=1S/C29H31N3O4/c1-4-35-29(34)20-36-27-10-6-8-23(16-27)18-32(26-9-5-7-22(15-26)17-30)19-28(33)31-25-13-11-24(12-14-25)21(2)3/h5-16,21H,4,18-20H2,1-3H3,(H,31,33). The van der Waals surface area contributed by atoms with E-state index in [4.69, 9.17) is 9.47 Å². The molecule has 3 rings (SSSR count). The van der Waals surface area contributed by atoms with Crippen molar-refractivity contribution >= 4 is 23.3 Å². The number of amides is 1. The van der Waals surface area contributed by atoms with Crippen LogP contribution in [0.4, 0.5) is 11.4 Å². The van der Waals surface area contributed by atoms with Gasteiger partial charge in [-0.3, -0.25) is 4.79 Å². The molecule has 186 valence electrons. The van der Waals surface area contributed by atoms with E-state index in [0.717, 1.165) is 16.9 Å². The summed E-state index contributed by atoms with van der Waals surface area (Å²) in [5, 5.41) is 12.3. The number of esters is 1. The fourth-order valence-corrected chi connectivity index (χ4v) is 3.63. The number of hydrogen-bond acceptors (Lipinski definition) is 6. The number of ether oxygens (including phenoxy) is 2. The number of carbonyl (C=O) groups is 2. The van der Waals surface area contributed by atoms with Crippen molar-refractivity contribution in [1.29, 1.82) is 5.26 Å². The minimum atomic E-state index is -0.434. The lowest BCUT2D eigenvalue weighted by molar-refractivity contribution is -0.145. The second kappa shape index (κ2) is 13.0. The first kappa shape index (κ1) is 26.3. The summed E-state index contributed by atoms with van der Waals surface area (Å²) in [5.74, 6) is 0.330. The Morgan fingerprint density at radius 3 is 2.47 bits per heavy atom. The Balaban J connectivity index is 1.76. The molecule has 3 aromatic rings. The summed E-state index contributed by atoms with van der Waals surface area (Å²) in [6.07, 6.45) is 0. The molecule has 0 radical (unpaired) electrons. The van der Waals surface area contributed by atoms with Gasteiger partial charge in [-0.25, -0.2) is 4.79 Å². The van der Waals surface area contributed by atoms with Crippen LogP contribution in [0.1, 0.15) is 43.4 Å². The Morgan fingerprint density at radius 1 is 1.03 bits per heavy atom. The summed E-state index contributed by atoms with van der Waals surface area (Å²) < 4.78 is 10.5. The summed E-state index contributed by atoms with van der Waals surface area (Å²) in [6.45, 7) is 6.58. The highest BCUT2D eigenvalue weighted by Crippen LogP contribution is 2.22. The molecule has 0 saturated carbocycles. The molecule has 0 aromatic heterocycles. The monoisotopic (exact) mass is 485 g/mol. The third-order valence-electron chi connectivity index (χ3n) is 5.47. The molecule has 0 spiro atoms. The fourth-order valence-electron chi connectivity index (χ4n) is 3.63. The van der Waals surface area contributed by atoms with Gasteiger partial charge in [0, 0.05) is 17.9 Å². The average Bonchev–Trinajstić information content (AvgIpc) is 2.88. The van der Waals surface area contributed by atoms with E-state index >= 15 is 0 Å². The second-order valence-corrected chi connectivity index (χ2v) is 8.58. The Hall–Kier alpha value is -4.31. The molecule has 0 fully saturated rings. The van der Waals surface area contributed by atoms with Crippen LogP contribution in [-0.4, -0.2) is 31.6 Å². The number of hydrogen-bond donors (Lipinski definition) is 1. The molecule has 0 bridgehead atoms. The molecule has 1 amide bonds. The smallest absolute Gasteiger partial charge is 0.344 e. The van der Waals surface area contributed by atoms with E-state index < -0.39 is 5.97 Å². The average molecular weight is 486 g/mol. The molecule has 0 atom stereocenters. The maximum absolute atomic E-state index is 13.0. The lowest BCUT2D eigenvalue weighted by Gasteiger charge is -2.25. The predicted octanol–water partition coefficient (Wildman–Crippen LogP) is 5.27. The van der Waals surface area contributed by atoms with E-state index in [1.54, 1.807) is 31.2 Å². The van der Waals surface area contributed by atoms with Crippen LogP contribution in [0.3, 0.4) is 0 Å². The lowest BCUT2D eigenvalue weighted by Crippen LogP contribution is -2.33. The molecular formula is C29H31N3O4. The third-order valence-corrected chi connectivity index (χ3v) is 5.47. The van der Waals surface area contributed by atoms with Crippen molar-refractivity contribution in [1.82, 2.24) is 0 Å². The second-order valence-electron chi connectivity index (χ2n) is 8.58. The van der Waals surface area contributed by atoms with Crippen molar-refractivity contribution in [2.45, 2.75) is 33.2 Å². The number of benzene rings is 3. The summed E-state index contributed by atoms with van der Waals surface area (Å²) in [7, 11) is 0. The molecule has 3 aromatic carbocycles. The zero-order valence-electron chi connectivity index (χ0n) is 20.9. The molecular weight excluding hydrogens is 454 g/mol. The molecule has 7 nitrogen and oxygen atoms in total. The first-order valence-electron chi connectivity index (χ1n) is 11.9. The van der Waals surface area contributed by atoms with Gasteiger partial charge >= 0.3 is 5.97 Å². The topological polar surface area (TPSA) is 91.7 Å². The van der Waals surface area contributed by atoms with Gasteiger partial charge in [-0.05, 0) is 66.4 Å². The Bertz CT molecular complexity index is 1220. The molecule has 7 heteroatoms. The highest BCUT2D eigenvalue weighted by Gasteiger charge is 2.15. The van der Waals surface area contributed by atoms with Crippen LogP contribution in [-0.2, 0) is 20.9 Å². The van der Waals surface area contributed by atoms with Crippen molar-refractivity contribution in [3.63, 3.8) is 0 Å². The minimum absolute atomic E-state index is 0.0781. The molecule has 1 N–H and O–H groups in total. The Kier molecular flexibility index (Phi) is 9.47. The normalized spacial score (nSPS) is 10.4. The first-order valence-corrected chi connectivity index (χ1v) is 11.9. The largest absolute Gasteiger partial charge is 0.482 e. The van der Waals surface area contributed by atoms with Crippen LogP contribution < -0.4 is 15.0 Å². The maximum Gasteiger partial charge on any atom is 0.344 e. The first-order chi connectivity index (χ1) is 17.4. The van der Waals surface area contributed by atoms with Gasteiger partial charge in [0.05, 0.1) is 24.8 Å². The van der Waals surface area contributed by atoms with Gasteiger partial charge in [-0.15, -0.1) is 0 Å². The van der Waals surface area contributed by atoms with Crippen molar-refractivity contribution in [2.75, 3.05) is 30.0 Å².